The van der Waals surface area contributed by atoms with E-state index in [-0.39, 0.29) is 12.0 Å². The van der Waals surface area contributed by atoms with Crippen LogP contribution in [0.25, 0.3) is 10.9 Å². The van der Waals surface area contributed by atoms with Crippen molar-refractivity contribution in [2.45, 2.75) is 39.7 Å². The van der Waals surface area contributed by atoms with E-state index in [1.807, 2.05) is 25.1 Å². The molecule has 0 aliphatic carbocycles. The molecular weight excluding hydrogens is 252 g/mol. The van der Waals surface area contributed by atoms with Crippen LogP contribution in [0.3, 0.4) is 0 Å². The second kappa shape index (κ2) is 6.09. The first-order chi connectivity index (χ1) is 9.52. The Balaban J connectivity index is 2.09. The summed E-state index contributed by atoms with van der Waals surface area (Å²) in [6, 6.07) is 5.94. The number of carbonyl (C=O) groups is 1. The van der Waals surface area contributed by atoms with Crippen LogP contribution in [0.4, 0.5) is 0 Å². The maximum absolute atomic E-state index is 12.1. The lowest BCUT2D eigenvalue weighted by molar-refractivity contribution is 0.0938. The summed E-state index contributed by atoms with van der Waals surface area (Å²) < 4.78 is 0. The topological polar surface area (TPSA) is 65.1 Å². The lowest BCUT2D eigenvalue weighted by Crippen LogP contribution is -2.27. The molecule has 1 aromatic carbocycles. The van der Waals surface area contributed by atoms with Crippen molar-refractivity contribution < 1.29 is 9.90 Å². The number of aromatic nitrogens is 1. The number of hydrogen-bond donors (Lipinski definition) is 3. The van der Waals surface area contributed by atoms with E-state index in [1.165, 1.54) is 11.1 Å². The average molecular weight is 274 g/mol. The van der Waals surface area contributed by atoms with Gasteiger partial charge in [0, 0.05) is 17.4 Å². The van der Waals surface area contributed by atoms with E-state index in [0.29, 0.717) is 25.1 Å². The van der Waals surface area contributed by atoms with Gasteiger partial charge in [0.2, 0.25) is 0 Å². The van der Waals surface area contributed by atoms with Crippen molar-refractivity contribution in [2.75, 3.05) is 6.54 Å². The molecule has 1 amide bonds. The van der Waals surface area contributed by atoms with Crippen LogP contribution in [0.15, 0.2) is 18.2 Å². The SMILES string of the molecule is CCC(O)CCNC(=O)c1cc2c(C)c(C)ccc2[nH]1. The number of benzene rings is 1. The Morgan fingerprint density at radius 1 is 1.40 bits per heavy atom. The molecule has 2 rings (SSSR count). The van der Waals surface area contributed by atoms with E-state index in [1.54, 1.807) is 0 Å². The second-order valence-corrected chi connectivity index (χ2v) is 5.26. The minimum Gasteiger partial charge on any atom is -0.393 e. The summed E-state index contributed by atoms with van der Waals surface area (Å²) in [4.78, 5) is 15.2. The minimum atomic E-state index is -0.345. The molecule has 1 unspecified atom stereocenters. The summed E-state index contributed by atoms with van der Waals surface area (Å²) in [5.41, 5.74) is 3.96. The van der Waals surface area contributed by atoms with E-state index < -0.39 is 0 Å². The number of fused-ring (bicyclic) bond motifs is 1. The molecule has 1 aromatic heterocycles. The Morgan fingerprint density at radius 3 is 2.85 bits per heavy atom. The summed E-state index contributed by atoms with van der Waals surface area (Å²) in [7, 11) is 0. The highest BCUT2D eigenvalue weighted by Crippen LogP contribution is 2.22. The Kier molecular flexibility index (Phi) is 4.45. The van der Waals surface area contributed by atoms with E-state index in [4.69, 9.17) is 0 Å². The van der Waals surface area contributed by atoms with Gasteiger partial charge in [0.1, 0.15) is 5.69 Å². The van der Waals surface area contributed by atoms with Crippen LogP contribution in [0.5, 0.6) is 0 Å². The molecule has 0 aliphatic rings. The first-order valence-corrected chi connectivity index (χ1v) is 7.08. The van der Waals surface area contributed by atoms with Gasteiger partial charge in [0.05, 0.1) is 6.10 Å². The van der Waals surface area contributed by atoms with E-state index >= 15 is 0 Å². The van der Waals surface area contributed by atoms with Gasteiger partial charge in [0.15, 0.2) is 0 Å². The fraction of sp³-hybridized carbons (Fsp3) is 0.438. The van der Waals surface area contributed by atoms with Crippen LogP contribution in [0.1, 0.15) is 41.4 Å². The summed E-state index contributed by atoms with van der Waals surface area (Å²) in [5.74, 6) is -0.124. The quantitative estimate of drug-likeness (QED) is 0.785. The molecule has 0 radical (unpaired) electrons. The van der Waals surface area contributed by atoms with Crippen molar-refractivity contribution in [3.8, 4) is 0 Å². The zero-order valence-corrected chi connectivity index (χ0v) is 12.3. The van der Waals surface area contributed by atoms with Gasteiger partial charge in [-0.2, -0.15) is 0 Å². The maximum atomic E-state index is 12.1. The van der Waals surface area contributed by atoms with Crippen LogP contribution in [-0.4, -0.2) is 28.6 Å². The molecular formula is C16H22N2O2. The van der Waals surface area contributed by atoms with Gasteiger partial charge in [-0.1, -0.05) is 13.0 Å². The zero-order chi connectivity index (χ0) is 14.7. The molecule has 1 heterocycles. The highest BCUT2D eigenvalue weighted by molar-refractivity contribution is 5.99. The van der Waals surface area contributed by atoms with E-state index in [2.05, 4.69) is 24.1 Å². The van der Waals surface area contributed by atoms with Gasteiger partial charge in [-0.05, 0) is 49.9 Å². The molecule has 3 N–H and O–H groups in total. The highest BCUT2D eigenvalue weighted by atomic mass is 16.3. The number of amides is 1. The van der Waals surface area contributed by atoms with Crippen LogP contribution in [0.2, 0.25) is 0 Å². The largest absolute Gasteiger partial charge is 0.393 e. The van der Waals surface area contributed by atoms with Crippen molar-refractivity contribution >= 4 is 16.8 Å². The lowest BCUT2D eigenvalue weighted by atomic mass is 10.1. The smallest absolute Gasteiger partial charge is 0.267 e. The van der Waals surface area contributed by atoms with Crippen LogP contribution >= 0.6 is 0 Å². The first-order valence-electron chi connectivity index (χ1n) is 7.08. The molecule has 0 bridgehead atoms. The number of nitrogens with one attached hydrogen (secondary N) is 2. The fourth-order valence-electron chi connectivity index (χ4n) is 2.23. The third kappa shape index (κ3) is 3.02. The number of aryl methyl sites for hydroxylation is 2. The van der Waals surface area contributed by atoms with Gasteiger partial charge >= 0.3 is 0 Å². The fourth-order valence-corrected chi connectivity index (χ4v) is 2.23. The van der Waals surface area contributed by atoms with Crippen molar-refractivity contribution in [1.82, 2.24) is 10.3 Å². The number of aromatic amines is 1. The molecule has 2 aromatic rings. The van der Waals surface area contributed by atoms with Crippen molar-refractivity contribution in [3.05, 3.63) is 35.0 Å². The molecule has 0 aliphatic heterocycles. The Labute approximate surface area is 119 Å². The molecule has 4 heteroatoms. The van der Waals surface area contributed by atoms with Gasteiger partial charge in [-0.15, -0.1) is 0 Å². The van der Waals surface area contributed by atoms with Gasteiger partial charge in [0.25, 0.3) is 5.91 Å². The molecule has 0 saturated carbocycles. The average Bonchev–Trinajstić information content (AvgIpc) is 2.87. The van der Waals surface area contributed by atoms with Crippen molar-refractivity contribution in [1.29, 1.82) is 0 Å². The summed E-state index contributed by atoms with van der Waals surface area (Å²) >= 11 is 0. The summed E-state index contributed by atoms with van der Waals surface area (Å²) in [6.45, 7) is 6.54. The second-order valence-electron chi connectivity index (χ2n) is 5.26. The standard InChI is InChI=1S/C16H22N2O2/c1-4-12(19)7-8-17-16(20)15-9-13-11(3)10(2)5-6-14(13)18-15/h5-6,9,12,18-19H,4,7-8H2,1-3H3,(H,17,20). The van der Waals surface area contributed by atoms with Gasteiger partial charge in [-0.3, -0.25) is 4.79 Å². The zero-order valence-electron chi connectivity index (χ0n) is 12.3. The molecule has 0 fully saturated rings. The highest BCUT2D eigenvalue weighted by Gasteiger charge is 2.11. The van der Waals surface area contributed by atoms with Crippen LogP contribution in [-0.2, 0) is 0 Å². The monoisotopic (exact) mass is 274 g/mol. The van der Waals surface area contributed by atoms with Gasteiger partial charge in [-0.25, -0.2) is 0 Å². The number of rotatable bonds is 5. The van der Waals surface area contributed by atoms with Gasteiger partial charge < -0.3 is 15.4 Å². The number of carbonyl (C=O) groups excluding carboxylic acids is 1. The van der Waals surface area contributed by atoms with Crippen molar-refractivity contribution in [3.63, 3.8) is 0 Å². The molecule has 108 valence electrons. The molecule has 0 saturated heterocycles. The molecule has 20 heavy (non-hydrogen) atoms. The molecule has 0 spiro atoms. The minimum absolute atomic E-state index is 0.124. The normalized spacial score (nSPS) is 12.6. The predicted octanol–water partition coefficient (Wildman–Crippen LogP) is 2.68. The van der Waals surface area contributed by atoms with Crippen LogP contribution < -0.4 is 5.32 Å². The van der Waals surface area contributed by atoms with E-state index in [9.17, 15) is 9.90 Å². The summed E-state index contributed by atoms with van der Waals surface area (Å²) in [6.07, 6.45) is 0.948. The third-order valence-electron chi connectivity index (χ3n) is 3.82. The molecule has 1 atom stereocenters. The Morgan fingerprint density at radius 2 is 2.15 bits per heavy atom. The molecule has 4 nitrogen and oxygen atoms in total. The van der Waals surface area contributed by atoms with E-state index in [0.717, 1.165) is 10.9 Å². The number of H-pyrrole nitrogens is 1. The van der Waals surface area contributed by atoms with Crippen molar-refractivity contribution in [2.24, 2.45) is 0 Å². The number of aliphatic hydroxyl groups is 1. The predicted molar refractivity (Wildman–Crippen MR) is 81.0 cm³/mol. The Bertz CT molecular complexity index is 616. The third-order valence-corrected chi connectivity index (χ3v) is 3.82. The number of aliphatic hydroxyl groups excluding tert-OH is 1. The Hall–Kier alpha value is -1.81. The first kappa shape index (κ1) is 14.6. The maximum Gasteiger partial charge on any atom is 0.267 e. The van der Waals surface area contributed by atoms with Crippen LogP contribution in [0, 0.1) is 13.8 Å². The lowest BCUT2D eigenvalue weighted by Gasteiger charge is -2.07. The number of hydrogen-bond acceptors (Lipinski definition) is 2. The summed E-state index contributed by atoms with van der Waals surface area (Å²) in [5, 5.41) is 13.4.